The van der Waals surface area contributed by atoms with Gasteiger partial charge in [-0.05, 0) is 31.0 Å². The van der Waals surface area contributed by atoms with Crippen LogP contribution in [-0.2, 0) is 9.47 Å². The number of nitrogens with zero attached hydrogens (tertiary/aromatic N) is 1. The molecule has 0 saturated heterocycles. The van der Waals surface area contributed by atoms with Crippen molar-refractivity contribution in [1.82, 2.24) is 0 Å². The first-order valence-electron chi connectivity index (χ1n) is 6.38. The lowest BCUT2D eigenvalue weighted by Gasteiger charge is -2.08. The van der Waals surface area contributed by atoms with Crippen LogP contribution in [0.3, 0.4) is 0 Å². The normalized spacial score (nSPS) is 10.1. The molecule has 1 rings (SSSR count). The molecule has 0 saturated carbocycles. The van der Waals surface area contributed by atoms with Gasteiger partial charge in [-0.1, -0.05) is 0 Å². The molecule has 0 spiro atoms. The van der Waals surface area contributed by atoms with Crippen LogP contribution in [0, 0.1) is 11.3 Å². The van der Waals surface area contributed by atoms with Gasteiger partial charge < -0.3 is 20.5 Å². The van der Waals surface area contributed by atoms with E-state index >= 15 is 0 Å². The van der Waals surface area contributed by atoms with E-state index in [4.69, 9.17) is 20.5 Å². The summed E-state index contributed by atoms with van der Waals surface area (Å²) in [4.78, 5) is 0. The standard InChI is InChI=1S/C14H21N3O2/c1-18-8-9-19-7-3-2-6-17-13-4-5-14(16)12(10-13)11-15/h4-5,10,17H,2-3,6-9,16H2,1H3. The Morgan fingerprint density at radius 2 is 2.11 bits per heavy atom. The third-order valence-electron chi connectivity index (χ3n) is 2.65. The molecular weight excluding hydrogens is 242 g/mol. The summed E-state index contributed by atoms with van der Waals surface area (Å²) < 4.78 is 10.3. The first-order chi connectivity index (χ1) is 9.27. The van der Waals surface area contributed by atoms with Gasteiger partial charge in [-0.25, -0.2) is 0 Å². The molecule has 0 aromatic heterocycles. The summed E-state index contributed by atoms with van der Waals surface area (Å²) in [6, 6.07) is 7.46. The summed E-state index contributed by atoms with van der Waals surface area (Å²) in [6.45, 7) is 2.88. The maximum atomic E-state index is 8.87. The molecule has 0 fully saturated rings. The topological polar surface area (TPSA) is 80.3 Å². The Hall–Kier alpha value is -1.77. The molecule has 0 atom stereocenters. The maximum Gasteiger partial charge on any atom is 0.101 e. The minimum absolute atomic E-state index is 0.507. The van der Waals surface area contributed by atoms with Crippen LogP contribution in [0.5, 0.6) is 0 Å². The number of benzene rings is 1. The second-order valence-corrected chi connectivity index (χ2v) is 4.15. The fourth-order valence-electron chi connectivity index (χ4n) is 1.57. The van der Waals surface area contributed by atoms with E-state index in [9.17, 15) is 0 Å². The predicted octanol–water partition coefficient (Wildman–Crippen LogP) is 2.00. The second kappa shape index (κ2) is 9.20. The van der Waals surface area contributed by atoms with Crippen molar-refractivity contribution in [1.29, 1.82) is 5.26 Å². The second-order valence-electron chi connectivity index (χ2n) is 4.15. The number of nitrogens with one attached hydrogen (secondary N) is 1. The van der Waals surface area contributed by atoms with Crippen LogP contribution >= 0.6 is 0 Å². The Morgan fingerprint density at radius 3 is 2.84 bits per heavy atom. The zero-order valence-corrected chi connectivity index (χ0v) is 11.3. The highest BCUT2D eigenvalue weighted by atomic mass is 16.5. The number of nitrogens with two attached hydrogens (primary N) is 1. The van der Waals surface area contributed by atoms with E-state index in [1.165, 1.54) is 0 Å². The quantitative estimate of drug-likeness (QED) is 0.526. The molecule has 0 heterocycles. The number of rotatable bonds is 9. The molecule has 0 amide bonds. The van der Waals surface area contributed by atoms with Gasteiger partial charge in [-0.15, -0.1) is 0 Å². The van der Waals surface area contributed by atoms with Crippen molar-refractivity contribution in [2.24, 2.45) is 0 Å². The number of unbranched alkanes of at least 4 members (excludes halogenated alkanes) is 1. The average molecular weight is 263 g/mol. The number of methoxy groups -OCH3 is 1. The van der Waals surface area contributed by atoms with E-state index in [-0.39, 0.29) is 0 Å². The van der Waals surface area contributed by atoms with Crippen molar-refractivity contribution in [2.45, 2.75) is 12.8 Å². The van der Waals surface area contributed by atoms with Crippen LogP contribution in [-0.4, -0.2) is 33.5 Å². The van der Waals surface area contributed by atoms with Gasteiger partial charge in [-0.2, -0.15) is 5.26 Å². The third kappa shape index (κ3) is 6.09. The lowest BCUT2D eigenvalue weighted by Crippen LogP contribution is -2.06. The van der Waals surface area contributed by atoms with Crippen LogP contribution in [0.25, 0.3) is 0 Å². The summed E-state index contributed by atoms with van der Waals surface area (Å²) >= 11 is 0. The highest BCUT2D eigenvalue weighted by Gasteiger charge is 1.99. The van der Waals surface area contributed by atoms with Gasteiger partial charge >= 0.3 is 0 Å². The van der Waals surface area contributed by atoms with Gasteiger partial charge in [0.05, 0.1) is 18.8 Å². The van der Waals surface area contributed by atoms with Crippen LogP contribution < -0.4 is 11.1 Å². The lowest BCUT2D eigenvalue weighted by molar-refractivity contribution is 0.0691. The molecule has 5 nitrogen and oxygen atoms in total. The minimum atomic E-state index is 0.507. The van der Waals surface area contributed by atoms with Gasteiger partial charge in [0.1, 0.15) is 6.07 Å². The minimum Gasteiger partial charge on any atom is -0.398 e. The van der Waals surface area contributed by atoms with E-state index in [0.29, 0.717) is 24.5 Å². The highest BCUT2D eigenvalue weighted by Crippen LogP contribution is 2.16. The van der Waals surface area contributed by atoms with Crippen LogP contribution in [0.15, 0.2) is 18.2 Å². The Balaban J connectivity index is 2.14. The number of nitriles is 1. The zero-order chi connectivity index (χ0) is 13.9. The molecule has 0 unspecified atom stereocenters. The Labute approximate surface area is 114 Å². The number of anilines is 2. The molecule has 0 radical (unpaired) electrons. The zero-order valence-electron chi connectivity index (χ0n) is 11.3. The maximum absolute atomic E-state index is 8.87. The van der Waals surface area contributed by atoms with E-state index in [1.54, 1.807) is 19.2 Å². The lowest BCUT2D eigenvalue weighted by atomic mass is 10.2. The first-order valence-corrected chi connectivity index (χ1v) is 6.38. The first kappa shape index (κ1) is 15.3. The van der Waals surface area contributed by atoms with Crippen molar-refractivity contribution in [3.05, 3.63) is 23.8 Å². The number of nitrogen functional groups attached to an aromatic ring is 1. The molecule has 19 heavy (non-hydrogen) atoms. The van der Waals surface area contributed by atoms with Gasteiger partial charge in [0, 0.05) is 31.6 Å². The van der Waals surface area contributed by atoms with Crippen LogP contribution in [0.4, 0.5) is 11.4 Å². The monoisotopic (exact) mass is 263 g/mol. The molecule has 1 aromatic rings. The largest absolute Gasteiger partial charge is 0.398 e. The van der Waals surface area contributed by atoms with Crippen molar-refractivity contribution < 1.29 is 9.47 Å². The SMILES string of the molecule is COCCOCCCCNc1ccc(N)c(C#N)c1. The van der Waals surface area contributed by atoms with Crippen LogP contribution in [0.2, 0.25) is 0 Å². The van der Waals surface area contributed by atoms with Gasteiger partial charge in [0.2, 0.25) is 0 Å². The summed E-state index contributed by atoms with van der Waals surface area (Å²) in [5.41, 5.74) is 7.60. The Morgan fingerprint density at radius 1 is 1.26 bits per heavy atom. The molecule has 104 valence electrons. The molecule has 5 heteroatoms. The fraction of sp³-hybridized carbons (Fsp3) is 0.500. The van der Waals surface area contributed by atoms with Crippen molar-refractivity contribution in [3.8, 4) is 6.07 Å². The van der Waals surface area contributed by atoms with Gasteiger partial charge in [0.15, 0.2) is 0 Å². The van der Waals surface area contributed by atoms with Gasteiger partial charge in [-0.3, -0.25) is 0 Å². The summed E-state index contributed by atoms with van der Waals surface area (Å²) in [5, 5.41) is 12.1. The van der Waals surface area contributed by atoms with Crippen molar-refractivity contribution >= 4 is 11.4 Å². The average Bonchev–Trinajstić information content (AvgIpc) is 2.43. The summed E-state index contributed by atoms with van der Waals surface area (Å²) in [6.07, 6.45) is 2.01. The third-order valence-corrected chi connectivity index (χ3v) is 2.65. The molecule has 0 aliphatic heterocycles. The molecule has 1 aromatic carbocycles. The fourth-order valence-corrected chi connectivity index (χ4v) is 1.57. The van der Waals surface area contributed by atoms with Crippen molar-refractivity contribution in [3.63, 3.8) is 0 Å². The molecule has 0 aliphatic carbocycles. The van der Waals surface area contributed by atoms with E-state index in [0.717, 1.165) is 31.7 Å². The smallest absolute Gasteiger partial charge is 0.101 e. The molecule has 0 aliphatic rings. The van der Waals surface area contributed by atoms with E-state index in [2.05, 4.69) is 11.4 Å². The molecule has 0 bridgehead atoms. The van der Waals surface area contributed by atoms with Crippen LogP contribution in [0.1, 0.15) is 18.4 Å². The number of hydrogen-bond donors (Lipinski definition) is 2. The van der Waals surface area contributed by atoms with Crippen molar-refractivity contribution in [2.75, 3.05) is 44.5 Å². The molecule has 3 N–H and O–H groups in total. The number of ether oxygens (including phenoxy) is 2. The van der Waals surface area contributed by atoms with E-state index in [1.807, 2.05) is 6.07 Å². The van der Waals surface area contributed by atoms with E-state index < -0.39 is 0 Å². The predicted molar refractivity (Wildman–Crippen MR) is 76.0 cm³/mol. The highest BCUT2D eigenvalue weighted by molar-refractivity contribution is 5.61. The summed E-state index contributed by atoms with van der Waals surface area (Å²) in [7, 11) is 1.66. The Kier molecular flexibility index (Phi) is 7.40. The van der Waals surface area contributed by atoms with Gasteiger partial charge in [0.25, 0.3) is 0 Å². The Bertz CT molecular complexity index is 416. The number of hydrogen-bond acceptors (Lipinski definition) is 5. The summed E-state index contributed by atoms with van der Waals surface area (Å²) in [5.74, 6) is 0. The molecular formula is C14H21N3O2.